The molecule has 2 bridgehead atoms. The second-order valence-electron chi connectivity index (χ2n) is 5.48. The van der Waals surface area contributed by atoms with Gasteiger partial charge in [-0.1, -0.05) is 17.7 Å². The van der Waals surface area contributed by atoms with Crippen LogP contribution in [0.4, 0.5) is 0 Å². The molecule has 2 aliphatic rings. The Morgan fingerprint density at radius 1 is 1.24 bits per heavy atom. The van der Waals surface area contributed by atoms with E-state index in [1.54, 1.807) is 12.1 Å². The maximum atomic E-state index is 12.5. The minimum absolute atomic E-state index is 0. The molecule has 118 valence electrons. The van der Waals surface area contributed by atoms with Crippen molar-refractivity contribution in [3.8, 4) is 0 Å². The van der Waals surface area contributed by atoms with E-state index in [0.29, 0.717) is 16.6 Å². The zero-order valence-electron chi connectivity index (χ0n) is 11.2. The topological polar surface area (TPSA) is 58.2 Å². The van der Waals surface area contributed by atoms with E-state index in [1.165, 1.54) is 6.07 Å². The number of halogens is 3. The van der Waals surface area contributed by atoms with E-state index in [9.17, 15) is 8.42 Å². The second kappa shape index (κ2) is 6.72. The summed E-state index contributed by atoms with van der Waals surface area (Å²) in [5.41, 5.74) is 0. The Morgan fingerprint density at radius 2 is 1.86 bits per heavy atom. The second-order valence-corrected chi connectivity index (χ2v) is 8.39. The van der Waals surface area contributed by atoms with E-state index in [4.69, 9.17) is 11.6 Å². The lowest BCUT2D eigenvalue weighted by Crippen LogP contribution is -2.47. The molecular weight excluding hydrogens is 399 g/mol. The number of benzene rings is 1. The Kier molecular flexibility index (Phi) is 5.60. The normalized spacial score (nSPS) is 28.2. The van der Waals surface area contributed by atoms with Gasteiger partial charge in [-0.15, -0.1) is 12.4 Å². The third-order valence-corrected chi connectivity index (χ3v) is 6.97. The van der Waals surface area contributed by atoms with Crippen LogP contribution >= 0.6 is 39.9 Å². The lowest BCUT2D eigenvalue weighted by atomic mass is 10.0. The number of piperidine rings is 1. The van der Waals surface area contributed by atoms with Crippen molar-refractivity contribution in [2.45, 2.75) is 48.7 Å². The molecule has 2 atom stereocenters. The van der Waals surface area contributed by atoms with Gasteiger partial charge in [0, 0.05) is 22.6 Å². The quantitative estimate of drug-likeness (QED) is 0.797. The molecule has 0 aliphatic carbocycles. The number of hydrogen-bond acceptors (Lipinski definition) is 3. The molecule has 2 N–H and O–H groups in total. The molecular formula is C13H17BrCl2N2O2S. The summed E-state index contributed by atoms with van der Waals surface area (Å²) >= 11 is 9.35. The summed E-state index contributed by atoms with van der Waals surface area (Å²) in [5.74, 6) is 0. The lowest BCUT2D eigenvalue weighted by Gasteiger charge is -2.29. The molecule has 2 heterocycles. The van der Waals surface area contributed by atoms with Gasteiger partial charge < -0.3 is 5.32 Å². The van der Waals surface area contributed by atoms with Crippen molar-refractivity contribution in [2.24, 2.45) is 0 Å². The van der Waals surface area contributed by atoms with Crippen molar-refractivity contribution in [3.05, 3.63) is 27.7 Å². The molecule has 4 nitrogen and oxygen atoms in total. The smallest absolute Gasteiger partial charge is 0.242 e. The highest BCUT2D eigenvalue weighted by Gasteiger charge is 2.35. The van der Waals surface area contributed by atoms with E-state index < -0.39 is 10.0 Å². The number of hydrogen-bond donors (Lipinski definition) is 2. The molecule has 2 saturated heterocycles. The molecule has 2 aliphatic heterocycles. The maximum Gasteiger partial charge on any atom is 0.242 e. The number of sulfonamides is 1. The van der Waals surface area contributed by atoms with Gasteiger partial charge in [0.1, 0.15) is 4.90 Å². The van der Waals surface area contributed by atoms with Crippen molar-refractivity contribution < 1.29 is 8.42 Å². The highest BCUT2D eigenvalue weighted by atomic mass is 79.9. The molecule has 0 aromatic heterocycles. The van der Waals surface area contributed by atoms with E-state index in [0.717, 1.165) is 25.7 Å². The molecule has 3 rings (SSSR count). The summed E-state index contributed by atoms with van der Waals surface area (Å²) < 4.78 is 28.3. The zero-order chi connectivity index (χ0) is 14.3. The Morgan fingerprint density at radius 3 is 2.48 bits per heavy atom. The summed E-state index contributed by atoms with van der Waals surface area (Å²) in [4.78, 5) is 0.138. The Bertz CT molecular complexity index is 615. The van der Waals surface area contributed by atoms with Crippen LogP contribution in [-0.4, -0.2) is 26.5 Å². The van der Waals surface area contributed by atoms with Crippen LogP contribution in [0.25, 0.3) is 0 Å². The van der Waals surface area contributed by atoms with Gasteiger partial charge in [0.2, 0.25) is 10.0 Å². The maximum absolute atomic E-state index is 12.5. The highest BCUT2D eigenvalue weighted by molar-refractivity contribution is 9.10. The number of nitrogens with one attached hydrogen (secondary N) is 2. The van der Waals surface area contributed by atoms with Crippen LogP contribution < -0.4 is 10.0 Å². The molecule has 2 unspecified atom stereocenters. The standard InChI is InChI=1S/C13H16BrClN2O2S.ClH/c14-11-2-1-3-12(13(11)15)20(18,19)17-10-6-8-4-5-9(7-10)16-8;/h1-3,8-10,16-17H,4-7H2;1H. The molecule has 21 heavy (non-hydrogen) atoms. The van der Waals surface area contributed by atoms with E-state index in [-0.39, 0.29) is 28.4 Å². The van der Waals surface area contributed by atoms with Gasteiger partial charge in [-0.2, -0.15) is 0 Å². The highest BCUT2D eigenvalue weighted by Crippen LogP contribution is 2.31. The van der Waals surface area contributed by atoms with E-state index in [1.807, 2.05) is 0 Å². The zero-order valence-corrected chi connectivity index (χ0v) is 15.2. The molecule has 0 saturated carbocycles. The van der Waals surface area contributed by atoms with Crippen LogP contribution in [0.15, 0.2) is 27.6 Å². The molecule has 1 aromatic rings. The van der Waals surface area contributed by atoms with Crippen LogP contribution in [0.5, 0.6) is 0 Å². The van der Waals surface area contributed by atoms with Gasteiger partial charge in [0.05, 0.1) is 5.02 Å². The largest absolute Gasteiger partial charge is 0.311 e. The molecule has 0 amide bonds. The van der Waals surface area contributed by atoms with Crippen LogP contribution in [0, 0.1) is 0 Å². The first-order chi connectivity index (χ1) is 9.45. The molecule has 2 fully saturated rings. The van der Waals surface area contributed by atoms with Gasteiger partial charge >= 0.3 is 0 Å². The van der Waals surface area contributed by atoms with Crippen LogP contribution in [0.2, 0.25) is 5.02 Å². The predicted octanol–water partition coefficient (Wildman–Crippen LogP) is 3.09. The Balaban J connectivity index is 0.00000161. The fourth-order valence-electron chi connectivity index (χ4n) is 3.13. The third-order valence-electron chi connectivity index (χ3n) is 4.00. The average Bonchev–Trinajstić information content (AvgIpc) is 2.71. The van der Waals surface area contributed by atoms with Gasteiger partial charge in [0.15, 0.2) is 0 Å². The van der Waals surface area contributed by atoms with Crippen molar-refractivity contribution >= 4 is 50.0 Å². The molecule has 8 heteroatoms. The van der Waals surface area contributed by atoms with Crippen molar-refractivity contribution in [2.75, 3.05) is 0 Å². The Hall–Kier alpha value is 0.150. The first-order valence-electron chi connectivity index (χ1n) is 6.68. The van der Waals surface area contributed by atoms with E-state index in [2.05, 4.69) is 26.0 Å². The van der Waals surface area contributed by atoms with E-state index >= 15 is 0 Å². The number of fused-ring (bicyclic) bond motifs is 2. The summed E-state index contributed by atoms with van der Waals surface area (Å²) in [6.07, 6.45) is 3.98. The van der Waals surface area contributed by atoms with Crippen molar-refractivity contribution in [1.82, 2.24) is 10.0 Å². The van der Waals surface area contributed by atoms with Gasteiger partial charge in [-0.3, -0.25) is 0 Å². The third kappa shape index (κ3) is 3.74. The van der Waals surface area contributed by atoms with Gasteiger partial charge in [-0.05, 0) is 53.7 Å². The Labute approximate surface area is 144 Å². The van der Waals surface area contributed by atoms with Crippen LogP contribution in [-0.2, 0) is 10.0 Å². The summed E-state index contributed by atoms with van der Waals surface area (Å²) in [6.45, 7) is 0. The summed E-state index contributed by atoms with van der Waals surface area (Å²) in [5, 5.41) is 3.73. The summed E-state index contributed by atoms with van der Waals surface area (Å²) in [6, 6.07) is 5.82. The van der Waals surface area contributed by atoms with Gasteiger partial charge in [-0.25, -0.2) is 13.1 Å². The molecule has 0 spiro atoms. The average molecular weight is 416 g/mol. The summed E-state index contributed by atoms with van der Waals surface area (Å²) in [7, 11) is -3.57. The minimum atomic E-state index is -3.57. The predicted molar refractivity (Wildman–Crippen MR) is 89.7 cm³/mol. The van der Waals surface area contributed by atoms with Crippen molar-refractivity contribution in [3.63, 3.8) is 0 Å². The monoisotopic (exact) mass is 414 g/mol. The molecule has 0 radical (unpaired) electrons. The first kappa shape index (κ1) is 17.5. The lowest BCUT2D eigenvalue weighted by molar-refractivity contribution is 0.345. The fraction of sp³-hybridized carbons (Fsp3) is 0.538. The SMILES string of the molecule is Cl.O=S(=O)(NC1CC2CCC(C1)N2)c1cccc(Br)c1Cl. The van der Waals surface area contributed by atoms with Crippen LogP contribution in [0.1, 0.15) is 25.7 Å². The van der Waals surface area contributed by atoms with Gasteiger partial charge in [0.25, 0.3) is 0 Å². The first-order valence-corrected chi connectivity index (χ1v) is 9.33. The van der Waals surface area contributed by atoms with Crippen LogP contribution in [0.3, 0.4) is 0 Å². The van der Waals surface area contributed by atoms with Crippen molar-refractivity contribution in [1.29, 1.82) is 0 Å². The fourth-order valence-corrected chi connectivity index (χ4v) is 5.42. The number of rotatable bonds is 3. The molecule has 1 aromatic carbocycles. The minimum Gasteiger partial charge on any atom is -0.311 e.